The Balaban J connectivity index is 1.83. The summed E-state index contributed by atoms with van der Waals surface area (Å²) in [5, 5.41) is 3.51. The normalized spacial score (nSPS) is 19.5. The highest BCUT2D eigenvalue weighted by atomic mass is 15.2. The maximum Gasteiger partial charge on any atom is 0.224 e. The van der Waals surface area contributed by atoms with Gasteiger partial charge in [-0.25, -0.2) is 9.97 Å². The van der Waals surface area contributed by atoms with Crippen LogP contribution in [0.3, 0.4) is 0 Å². The van der Waals surface area contributed by atoms with Crippen molar-refractivity contribution in [1.29, 1.82) is 0 Å². The molecule has 1 saturated heterocycles. The van der Waals surface area contributed by atoms with Crippen LogP contribution in [-0.4, -0.2) is 36.1 Å². The van der Waals surface area contributed by atoms with Gasteiger partial charge in [0.1, 0.15) is 0 Å². The third kappa shape index (κ3) is 3.40. The van der Waals surface area contributed by atoms with Crippen molar-refractivity contribution < 1.29 is 0 Å². The Morgan fingerprint density at radius 1 is 1.41 bits per heavy atom. The topological polar surface area (TPSA) is 41.1 Å². The average Bonchev–Trinajstić information content (AvgIpc) is 2.89. The second kappa shape index (κ2) is 5.96. The largest absolute Gasteiger partial charge is 0.344 e. The lowest BCUT2D eigenvalue weighted by atomic mass is 10.1. The van der Waals surface area contributed by atoms with Gasteiger partial charge in [0.25, 0.3) is 0 Å². The molecule has 0 radical (unpaired) electrons. The van der Waals surface area contributed by atoms with Gasteiger partial charge in [-0.05, 0) is 37.8 Å². The van der Waals surface area contributed by atoms with Gasteiger partial charge in [-0.1, -0.05) is 6.92 Å². The number of rotatable bonds is 5. The summed E-state index contributed by atoms with van der Waals surface area (Å²) in [7, 11) is 2.07. The molecular weight excluding hydrogens is 212 g/mol. The Bertz CT molecular complexity index is 330. The lowest BCUT2D eigenvalue weighted by molar-refractivity contribution is 0.556. The van der Waals surface area contributed by atoms with Crippen LogP contribution in [0.5, 0.6) is 0 Å². The molecule has 0 bridgehead atoms. The van der Waals surface area contributed by atoms with Gasteiger partial charge in [-0.15, -0.1) is 0 Å². The fraction of sp³-hybridized carbons (Fsp3) is 0.692. The van der Waals surface area contributed by atoms with Gasteiger partial charge >= 0.3 is 0 Å². The molecule has 0 spiro atoms. The van der Waals surface area contributed by atoms with Crippen molar-refractivity contribution in [3.05, 3.63) is 18.0 Å². The van der Waals surface area contributed by atoms with E-state index >= 15 is 0 Å². The van der Waals surface area contributed by atoms with Crippen molar-refractivity contribution in [3.63, 3.8) is 0 Å². The number of nitrogens with one attached hydrogen (secondary N) is 1. The van der Waals surface area contributed by atoms with E-state index in [1.54, 1.807) is 0 Å². The van der Waals surface area contributed by atoms with E-state index in [-0.39, 0.29) is 0 Å². The van der Waals surface area contributed by atoms with Crippen LogP contribution in [0.25, 0.3) is 0 Å². The molecule has 2 heterocycles. The first-order chi connectivity index (χ1) is 8.29. The molecule has 0 saturated carbocycles. The minimum absolute atomic E-state index is 0.687. The van der Waals surface area contributed by atoms with Crippen LogP contribution in [-0.2, 0) is 6.42 Å². The number of nitrogens with zero attached hydrogens (tertiary/aromatic N) is 3. The molecule has 17 heavy (non-hydrogen) atoms. The summed E-state index contributed by atoms with van der Waals surface area (Å²) >= 11 is 0. The summed E-state index contributed by atoms with van der Waals surface area (Å²) in [5.74, 6) is 0.834. The molecular formula is C13H22N4. The molecule has 1 aliphatic heterocycles. The standard InChI is InChI=1S/C13H22N4/c1-3-11-9-15-13(16-10-11)17(2)8-6-12-5-4-7-14-12/h9-10,12,14H,3-8H2,1-2H3. The zero-order chi connectivity index (χ0) is 12.1. The first-order valence-electron chi connectivity index (χ1n) is 6.55. The molecule has 1 aliphatic rings. The summed E-state index contributed by atoms with van der Waals surface area (Å²) < 4.78 is 0. The lowest BCUT2D eigenvalue weighted by Gasteiger charge is -2.19. The molecule has 1 unspecified atom stereocenters. The summed E-state index contributed by atoms with van der Waals surface area (Å²) in [4.78, 5) is 10.9. The van der Waals surface area contributed by atoms with E-state index in [2.05, 4.69) is 34.2 Å². The van der Waals surface area contributed by atoms with Crippen LogP contribution in [0.1, 0.15) is 31.7 Å². The van der Waals surface area contributed by atoms with Crippen molar-refractivity contribution >= 4 is 5.95 Å². The fourth-order valence-corrected chi connectivity index (χ4v) is 2.18. The van der Waals surface area contributed by atoms with Crippen LogP contribution >= 0.6 is 0 Å². The third-order valence-corrected chi connectivity index (χ3v) is 3.42. The highest BCUT2D eigenvalue weighted by molar-refractivity contribution is 5.28. The van der Waals surface area contributed by atoms with Gasteiger partial charge in [0.2, 0.25) is 5.95 Å². The Labute approximate surface area is 103 Å². The van der Waals surface area contributed by atoms with Crippen molar-refractivity contribution in [2.45, 2.75) is 38.6 Å². The van der Waals surface area contributed by atoms with Crippen LogP contribution in [0, 0.1) is 0 Å². The zero-order valence-electron chi connectivity index (χ0n) is 10.8. The van der Waals surface area contributed by atoms with E-state index in [1.165, 1.54) is 31.4 Å². The number of anilines is 1. The highest BCUT2D eigenvalue weighted by Gasteiger charge is 2.14. The number of aromatic nitrogens is 2. The molecule has 94 valence electrons. The van der Waals surface area contributed by atoms with Gasteiger partial charge in [0.15, 0.2) is 0 Å². The smallest absolute Gasteiger partial charge is 0.224 e. The maximum atomic E-state index is 4.39. The maximum absolute atomic E-state index is 4.39. The van der Waals surface area contributed by atoms with Gasteiger partial charge in [-0.2, -0.15) is 0 Å². The summed E-state index contributed by atoms with van der Waals surface area (Å²) in [6.07, 6.45) is 8.64. The van der Waals surface area contributed by atoms with Crippen molar-refractivity contribution in [2.24, 2.45) is 0 Å². The second-order valence-electron chi connectivity index (χ2n) is 4.75. The highest BCUT2D eigenvalue weighted by Crippen LogP contribution is 2.11. The Kier molecular flexibility index (Phi) is 4.31. The lowest BCUT2D eigenvalue weighted by Crippen LogP contribution is -2.29. The number of hydrogen-bond donors (Lipinski definition) is 1. The molecule has 1 aromatic heterocycles. The summed E-state index contributed by atoms with van der Waals surface area (Å²) in [6.45, 7) is 4.31. The quantitative estimate of drug-likeness (QED) is 0.840. The molecule has 2 rings (SSSR count). The Hall–Kier alpha value is -1.16. The molecule has 1 atom stereocenters. The number of aryl methyl sites for hydroxylation is 1. The van der Waals surface area contributed by atoms with Crippen molar-refractivity contribution in [2.75, 3.05) is 25.0 Å². The molecule has 0 aromatic carbocycles. The van der Waals surface area contributed by atoms with Gasteiger partial charge in [0, 0.05) is 32.0 Å². The van der Waals surface area contributed by atoms with E-state index in [4.69, 9.17) is 0 Å². The average molecular weight is 234 g/mol. The molecule has 1 aromatic rings. The van der Waals surface area contributed by atoms with E-state index in [0.717, 1.165) is 18.9 Å². The van der Waals surface area contributed by atoms with E-state index < -0.39 is 0 Å². The summed E-state index contributed by atoms with van der Waals surface area (Å²) in [5.41, 5.74) is 1.19. The Morgan fingerprint density at radius 2 is 2.18 bits per heavy atom. The molecule has 4 nitrogen and oxygen atoms in total. The molecule has 1 fully saturated rings. The van der Waals surface area contributed by atoms with Crippen LogP contribution in [0.15, 0.2) is 12.4 Å². The SMILES string of the molecule is CCc1cnc(N(C)CCC2CCCN2)nc1. The molecule has 0 aliphatic carbocycles. The third-order valence-electron chi connectivity index (χ3n) is 3.42. The first-order valence-corrected chi connectivity index (χ1v) is 6.55. The van der Waals surface area contributed by atoms with Crippen LogP contribution in [0.4, 0.5) is 5.95 Å². The summed E-state index contributed by atoms with van der Waals surface area (Å²) in [6, 6.07) is 0.687. The van der Waals surface area contributed by atoms with Gasteiger partial charge < -0.3 is 10.2 Å². The van der Waals surface area contributed by atoms with E-state index in [0.29, 0.717) is 6.04 Å². The molecule has 4 heteroatoms. The monoisotopic (exact) mass is 234 g/mol. The van der Waals surface area contributed by atoms with Gasteiger partial charge in [0.05, 0.1) is 0 Å². The van der Waals surface area contributed by atoms with Crippen molar-refractivity contribution in [1.82, 2.24) is 15.3 Å². The van der Waals surface area contributed by atoms with E-state index in [1.807, 2.05) is 12.4 Å². The van der Waals surface area contributed by atoms with Gasteiger partial charge in [-0.3, -0.25) is 0 Å². The van der Waals surface area contributed by atoms with Crippen LogP contribution < -0.4 is 10.2 Å². The van der Waals surface area contributed by atoms with E-state index in [9.17, 15) is 0 Å². The van der Waals surface area contributed by atoms with Crippen LogP contribution in [0.2, 0.25) is 0 Å². The fourth-order valence-electron chi connectivity index (χ4n) is 2.18. The predicted molar refractivity (Wildman–Crippen MR) is 70.3 cm³/mol. The number of hydrogen-bond acceptors (Lipinski definition) is 4. The second-order valence-corrected chi connectivity index (χ2v) is 4.75. The predicted octanol–water partition coefficient (Wildman–Crippen LogP) is 1.62. The Morgan fingerprint density at radius 3 is 2.76 bits per heavy atom. The molecule has 1 N–H and O–H groups in total. The minimum Gasteiger partial charge on any atom is -0.344 e. The zero-order valence-corrected chi connectivity index (χ0v) is 10.8. The van der Waals surface area contributed by atoms with Crippen molar-refractivity contribution in [3.8, 4) is 0 Å². The molecule has 0 amide bonds. The first kappa shape index (κ1) is 12.3. The minimum atomic E-state index is 0.687.